The summed E-state index contributed by atoms with van der Waals surface area (Å²) < 4.78 is 5.72. The molecular weight excluding hydrogens is 572 g/mol. The summed E-state index contributed by atoms with van der Waals surface area (Å²) in [6.07, 6.45) is 24.6. The molecule has 46 heavy (non-hydrogen) atoms. The lowest BCUT2D eigenvalue weighted by atomic mass is 9.49. The maximum absolute atomic E-state index is 11.8. The number of carboxylic acid groups (broad SMARTS) is 1. The molecule has 5 rings (SSSR count). The van der Waals surface area contributed by atoms with E-state index in [9.17, 15) is 14.4 Å². The Morgan fingerprint density at radius 1 is 0.978 bits per heavy atom. The quantitative estimate of drug-likeness (QED) is 0.179. The summed E-state index contributed by atoms with van der Waals surface area (Å²) in [6.45, 7) is 17.0. The molecule has 0 aromatic heterocycles. The maximum atomic E-state index is 11.8. The smallest absolute Gasteiger partial charge is 0.328 e. The van der Waals surface area contributed by atoms with Crippen LogP contribution < -0.4 is 0 Å². The fourth-order valence-corrected chi connectivity index (χ4v) is 9.81. The van der Waals surface area contributed by atoms with Crippen LogP contribution in [0.5, 0.6) is 0 Å². The third-order valence-electron chi connectivity index (χ3n) is 12.0. The second-order valence-electron chi connectivity index (χ2n) is 15.8. The highest BCUT2D eigenvalue weighted by Gasteiger charge is 2.58. The second-order valence-corrected chi connectivity index (χ2v) is 15.8. The fourth-order valence-electron chi connectivity index (χ4n) is 9.81. The van der Waals surface area contributed by atoms with Crippen molar-refractivity contribution in [1.29, 1.82) is 0 Å². The van der Waals surface area contributed by atoms with Crippen molar-refractivity contribution in [2.75, 3.05) is 0 Å². The molecule has 5 aliphatic rings. The summed E-state index contributed by atoms with van der Waals surface area (Å²) in [5.41, 5.74) is 6.70. The van der Waals surface area contributed by atoms with Crippen LogP contribution in [0.2, 0.25) is 0 Å². The van der Waals surface area contributed by atoms with Gasteiger partial charge in [0.15, 0.2) is 5.78 Å². The number of ether oxygens (including phenoxy) is 1. The predicted molar refractivity (Wildman–Crippen MR) is 186 cm³/mol. The number of fused-ring (bicyclic) bond motifs is 5. The molecule has 5 nitrogen and oxygen atoms in total. The summed E-state index contributed by atoms with van der Waals surface area (Å²) in [7, 11) is 0. The fraction of sp³-hybridized carbons (Fsp3) is 0.634. The molecule has 0 aromatic rings. The van der Waals surface area contributed by atoms with Crippen molar-refractivity contribution < 1.29 is 24.2 Å². The van der Waals surface area contributed by atoms with Crippen LogP contribution >= 0.6 is 0 Å². The monoisotopic (exact) mass is 630 g/mol. The van der Waals surface area contributed by atoms with Crippen molar-refractivity contribution in [3.8, 4) is 0 Å². The third kappa shape index (κ3) is 8.30. The van der Waals surface area contributed by atoms with Gasteiger partial charge in [-0.1, -0.05) is 74.8 Å². The second kappa shape index (κ2) is 14.9. The summed E-state index contributed by atoms with van der Waals surface area (Å²) in [5.74, 6) is 2.73. The molecule has 0 unspecified atom stereocenters. The van der Waals surface area contributed by atoms with E-state index >= 15 is 0 Å². The van der Waals surface area contributed by atoms with Gasteiger partial charge in [-0.25, -0.2) is 4.79 Å². The Labute approximate surface area is 278 Å². The standard InChI is InChI=1S/C21H30O3.C20H28O2/c1-12-10-14-11-15(23)4-5-16(14)17-8-9-21(3)18(20(12)17)6-7-19(21)24-13(2)22;1-15(8-6-9-16(2)14-19(21)22)11-12-18-17(3)10-7-13-20(18,4)5/h11-12,16-20H,4-10H2,1-3H3;6,8-9,11-12,14H,7,10,13H2,1-5H3,(H,21,22)/b;9-6+,12-11+,15-8+,16-14+/t12-,16+,17-,18+,19+,20-,21+;/m1./s1. The normalized spacial score (nSPS) is 34.3. The SMILES string of the molecule is CC(=O)O[C@H]1CC[C@H]2[C@H]3[C@H](CC[C@]12C)[C@H]1CCC(=O)C=C1C[C@H]3C.CC1=C(/C=C/C(C)=C/C=C/C(C)=C/C(=O)O)C(C)(C)CCC1. The summed E-state index contributed by atoms with van der Waals surface area (Å²) in [5, 5.41) is 8.65. The van der Waals surface area contributed by atoms with E-state index in [4.69, 9.17) is 9.84 Å². The highest BCUT2D eigenvalue weighted by atomic mass is 16.5. The van der Waals surface area contributed by atoms with Gasteiger partial charge in [0.1, 0.15) is 6.10 Å². The average molecular weight is 631 g/mol. The van der Waals surface area contributed by atoms with Crippen LogP contribution in [0.3, 0.4) is 0 Å². The molecule has 5 aliphatic carbocycles. The first-order valence-electron chi connectivity index (χ1n) is 17.7. The number of esters is 1. The number of ketones is 1. The van der Waals surface area contributed by atoms with E-state index in [0.29, 0.717) is 23.5 Å². The van der Waals surface area contributed by atoms with Gasteiger partial charge in [0, 0.05) is 24.8 Å². The number of hydrogen-bond acceptors (Lipinski definition) is 4. The lowest BCUT2D eigenvalue weighted by Crippen LogP contribution is -2.50. The highest BCUT2D eigenvalue weighted by Crippen LogP contribution is 2.63. The lowest BCUT2D eigenvalue weighted by Gasteiger charge is -2.55. The van der Waals surface area contributed by atoms with Gasteiger partial charge in [-0.15, -0.1) is 0 Å². The van der Waals surface area contributed by atoms with Crippen molar-refractivity contribution >= 4 is 17.7 Å². The number of carbonyl (C=O) groups excluding carboxylic acids is 2. The Morgan fingerprint density at radius 2 is 1.72 bits per heavy atom. The van der Waals surface area contributed by atoms with Crippen molar-refractivity contribution in [3.63, 3.8) is 0 Å². The van der Waals surface area contributed by atoms with E-state index in [1.54, 1.807) is 19.9 Å². The highest BCUT2D eigenvalue weighted by molar-refractivity contribution is 5.91. The lowest BCUT2D eigenvalue weighted by molar-refractivity contribution is -0.157. The number of aliphatic carboxylic acids is 1. The minimum atomic E-state index is -0.912. The first kappa shape index (κ1) is 35.9. The molecule has 0 saturated heterocycles. The van der Waals surface area contributed by atoms with Gasteiger partial charge < -0.3 is 9.84 Å². The van der Waals surface area contributed by atoms with Crippen LogP contribution in [0.25, 0.3) is 0 Å². The van der Waals surface area contributed by atoms with E-state index < -0.39 is 5.97 Å². The molecule has 3 saturated carbocycles. The average Bonchev–Trinajstić information content (AvgIpc) is 3.27. The molecular formula is C41H58O5. The first-order valence-corrected chi connectivity index (χ1v) is 17.7. The van der Waals surface area contributed by atoms with E-state index in [1.807, 2.05) is 18.2 Å². The van der Waals surface area contributed by atoms with Crippen LogP contribution in [-0.2, 0) is 19.1 Å². The molecule has 0 spiro atoms. The first-order chi connectivity index (χ1) is 21.6. The van der Waals surface area contributed by atoms with Crippen molar-refractivity contribution in [2.24, 2.45) is 40.4 Å². The molecule has 1 N–H and O–H groups in total. The maximum Gasteiger partial charge on any atom is 0.328 e. The van der Waals surface area contributed by atoms with Crippen molar-refractivity contribution in [2.45, 2.75) is 126 Å². The number of rotatable bonds is 6. The molecule has 252 valence electrons. The molecule has 0 bridgehead atoms. The molecule has 0 heterocycles. The molecule has 0 radical (unpaired) electrons. The molecule has 0 amide bonds. The predicted octanol–water partition coefficient (Wildman–Crippen LogP) is 9.91. The third-order valence-corrected chi connectivity index (χ3v) is 12.0. The van der Waals surface area contributed by atoms with E-state index in [1.165, 1.54) is 61.3 Å². The van der Waals surface area contributed by atoms with Crippen LogP contribution in [0.15, 0.2) is 70.4 Å². The zero-order chi connectivity index (χ0) is 33.8. The Bertz CT molecular complexity index is 1370. The van der Waals surface area contributed by atoms with Gasteiger partial charge in [-0.05, 0) is 131 Å². The van der Waals surface area contributed by atoms with Gasteiger partial charge in [-0.2, -0.15) is 0 Å². The Morgan fingerprint density at radius 3 is 2.39 bits per heavy atom. The van der Waals surface area contributed by atoms with Crippen molar-refractivity contribution in [3.05, 3.63) is 70.4 Å². The van der Waals surface area contributed by atoms with Gasteiger partial charge in [0.05, 0.1) is 0 Å². The summed E-state index contributed by atoms with van der Waals surface area (Å²) in [4.78, 5) is 33.9. The van der Waals surface area contributed by atoms with Gasteiger partial charge in [0.25, 0.3) is 0 Å². The minimum Gasteiger partial charge on any atom is -0.478 e. The Balaban J connectivity index is 0.000000210. The van der Waals surface area contributed by atoms with E-state index in [-0.39, 0.29) is 22.9 Å². The topological polar surface area (TPSA) is 80.7 Å². The Hall–Kier alpha value is -2.95. The number of hydrogen-bond donors (Lipinski definition) is 1. The minimum absolute atomic E-state index is 0.109. The van der Waals surface area contributed by atoms with Crippen LogP contribution in [0.4, 0.5) is 0 Å². The molecule has 0 aliphatic heterocycles. The summed E-state index contributed by atoms with van der Waals surface area (Å²) >= 11 is 0. The van der Waals surface area contributed by atoms with Crippen LogP contribution in [0.1, 0.15) is 120 Å². The van der Waals surface area contributed by atoms with Gasteiger partial charge in [-0.3, -0.25) is 9.59 Å². The molecule has 7 atom stereocenters. The molecule has 5 heteroatoms. The molecule has 0 aromatic carbocycles. The van der Waals surface area contributed by atoms with Gasteiger partial charge in [0.2, 0.25) is 0 Å². The van der Waals surface area contributed by atoms with Crippen LogP contribution in [0, 0.1) is 40.4 Å². The van der Waals surface area contributed by atoms with E-state index in [2.05, 4.69) is 53.7 Å². The largest absolute Gasteiger partial charge is 0.478 e. The molecule has 3 fully saturated rings. The van der Waals surface area contributed by atoms with E-state index in [0.717, 1.165) is 48.7 Å². The summed E-state index contributed by atoms with van der Waals surface area (Å²) in [6, 6.07) is 0. The Kier molecular flexibility index (Phi) is 11.6. The van der Waals surface area contributed by atoms with Gasteiger partial charge >= 0.3 is 11.9 Å². The number of allylic oxidation sites excluding steroid dienone is 10. The zero-order valence-corrected chi connectivity index (χ0v) is 29.7. The van der Waals surface area contributed by atoms with Crippen LogP contribution in [-0.4, -0.2) is 28.9 Å². The number of carbonyl (C=O) groups is 3. The number of carboxylic acids is 1. The van der Waals surface area contributed by atoms with Crippen molar-refractivity contribution in [1.82, 2.24) is 0 Å². The zero-order valence-electron chi connectivity index (χ0n) is 29.7.